The highest BCUT2D eigenvalue weighted by molar-refractivity contribution is 5.82. The summed E-state index contributed by atoms with van der Waals surface area (Å²) in [6.07, 6.45) is -0.0302. The van der Waals surface area contributed by atoms with Gasteiger partial charge in [-0.25, -0.2) is 9.59 Å². The predicted molar refractivity (Wildman–Crippen MR) is 72.1 cm³/mol. The molecule has 1 atom stereocenters. The van der Waals surface area contributed by atoms with Crippen LogP contribution >= 0.6 is 0 Å². The molecule has 0 aliphatic rings. The third-order valence-corrected chi connectivity index (χ3v) is 2.71. The molecule has 0 saturated heterocycles. The quantitative estimate of drug-likeness (QED) is 0.699. The zero-order valence-corrected chi connectivity index (χ0v) is 11.5. The molecule has 20 heavy (non-hydrogen) atoms. The highest BCUT2D eigenvalue weighted by atomic mass is 16.4. The first-order chi connectivity index (χ1) is 9.43. The number of aryl methyl sites for hydroxylation is 1. The zero-order valence-electron chi connectivity index (χ0n) is 11.5. The smallest absolute Gasteiger partial charge is 0.326 e. The lowest BCUT2D eigenvalue weighted by Crippen LogP contribution is -2.46. The van der Waals surface area contributed by atoms with Gasteiger partial charge in [-0.2, -0.15) is 0 Å². The van der Waals surface area contributed by atoms with E-state index in [1.165, 1.54) is 4.90 Å². The van der Waals surface area contributed by atoms with Crippen molar-refractivity contribution in [1.29, 1.82) is 0 Å². The van der Waals surface area contributed by atoms with Gasteiger partial charge >= 0.3 is 12.0 Å². The molecule has 0 bridgehead atoms. The van der Waals surface area contributed by atoms with Crippen LogP contribution in [0.4, 0.5) is 4.79 Å². The van der Waals surface area contributed by atoms with Crippen LogP contribution in [-0.4, -0.2) is 51.8 Å². The topological polar surface area (TPSA) is 103 Å². The Balaban J connectivity index is 2.60. The first-order valence-corrected chi connectivity index (χ1v) is 6.22. The van der Waals surface area contributed by atoms with Crippen molar-refractivity contribution in [3.8, 4) is 0 Å². The number of amides is 2. The Bertz CT molecular complexity index is 478. The molecule has 7 heteroatoms. The van der Waals surface area contributed by atoms with Crippen LogP contribution in [0, 0.1) is 6.92 Å². The number of urea groups is 1. The first kappa shape index (κ1) is 15.9. The van der Waals surface area contributed by atoms with Crippen molar-refractivity contribution in [2.45, 2.75) is 25.9 Å². The van der Waals surface area contributed by atoms with Crippen molar-refractivity contribution in [2.24, 2.45) is 0 Å². The summed E-state index contributed by atoms with van der Waals surface area (Å²) in [5, 5.41) is 20.0. The van der Waals surface area contributed by atoms with E-state index in [4.69, 9.17) is 10.2 Å². The van der Waals surface area contributed by atoms with Crippen molar-refractivity contribution in [3.63, 3.8) is 0 Å². The summed E-state index contributed by atoms with van der Waals surface area (Å²) >= 11 is 0. The number of carboxylic acids is 1. The number of aromatic nitrogens is 1. The lowest BCUT2D eigenvalue weighted by Gasteiger charge is -2.20. The van der Waals surface area contributed by atoms with Crippen molar-refractivity contribution in [3.05, 3.63) is 29.6 Å². The highest BCUT2D eigenvalue weighted by Gasteiger charge is 2.21. The molecule has 0 aromatic carbocycles. The molecule has 0 saturated carbocycles. The van der Waals surface area contributed by atoms with Gasteiger partial charge in [0.25, 0.3) is 0 Å². The summed E-state index contributed by atoms with van der Waals surface area (Å²) in [5.41, 5.74) is 1.57. The Morgan fingerprint density at radius 1 is 1.45 bits per heavy atom. The van der Waals surface area contributed by atoms with Crippen LogP contribution in [-0.2, 0) is 11.3 Å². The molecule has 0 spiro atoms. The third kappa shape index (κ3) is 4.85. The van der Waals surface area contributed by atoms with E-state index in [1.807, 2.05) is 19.1 Å². The molecule has 110 valence electrons. The number of aliphatic hydroxyl groups is 1. The van der Waals surface area contributed by atoms with Crippen LogP contribution in [0.1, 0.15) is 17.8 Å². The van der Waals surface area contributed by atoms with Gasteiger partial charge in [-0.1, -0.05) is 6.07 Å². The summed E-state index contributed by atoms with van der Waals surface area (Å²) in [7, 11) is 1.55. The van der Waals surface area contributed by atoms with E-state index in [-0.39, 0.29) is 19.6 Å². The van der Waals surface area contributed by atoms with Crippen molar-refractivity contribution >= 4 is 12.0 Å². The Labute approximate surface area is 117 Å². The predicted octanol–water partition coefficient (Wildman–Crippen LogP) is 0.367. The van der Waals surface area contributed by atoms with E-state index < -0.39 is 18.0 Å². The maximum Gasteiger partial charge on any atom is 0.326 e. The average Bonchev–Trinajstić information content (AvgIpc) is 2.37. The molecular weight excluding hydrogens is 262 g/mol. The first-order valence-electron chi connectivity index (χ1n) is 6.22. The van der Waals surface area contributed by atoms with Crippen molar-refractivity contribution < 1.29 is 19.8 Å². The lowest BCUT2D eigenvalue weighted by molar-refractivity contribution is -0.139. The summed E-state index contributed by atoms with van der Waals surface area (Å²) in [6.45, 7) is 1.82. The van der Waals surface area contributed by atoms with E-state index in [2.05, 4.69) is 10.3 Å². The van der Waals surface area contributed by atoms with Crippen LogP contribution in [0.5, 0.6) is 0 Å². The van der Waals surface area contributed by atoms with Crippen molar-refractivity contribution in [2.75, 3.05) is 13.7 Å². The van der Waals surface area contributed by atoms with E-state index >= 15 is 0 Å². The maximum atomic E-state index is 11.9. The molecule has 7 nitrogen and oxygen atoms in total. The highest BCUT2D eigenvalue weighted by Crippen LogP contribution is 2.03. The number of aliphatic hydroxyl groups excluding tert-OH is 1. The number of carboxylic acid groups (broad SMARTS) is 1. The van der Waals surface area contributed by atoms with Crippen molar-refractivity contribution in [1.82, 2.24) is 15.2 Å². The summed E-state index contributed by atoms with van der Waals surface area (Å²) in [6, 6.07) is 3.87. The minimum atomic E-state index is -1.17. The summed E-state index contributed by atoms with van der Waals surface area (Å²) < 4.78 is 0. The maximum absolute atomic E-state index is 11.9. The molecule has 0 aliphatic heterocycles. The van der Waals surface area contributed by atoms with Crippen LogP contribution in [0.15, 0.2) is 18.2 Å². The van der Waals surface area contributed by atoms with E-state index in [9.17, 15) is 9.59 Å². The van der Waals surface area contributed by atoms with Crippen LogP contribution in [0.2, 0.25) is 0 Å². The number of rotatable bonds is 6. The minimum absolute atomic E-state index is 0.0302. The second kappa shape index (κ2) is 7.44. The fourth-order valence-electron chi connectivity index (χ4n) is 1.65. The Morgan fingerprint density at radius 2 is 2.15 bits per heavy atom. The van der Waals surface area contributed by atoms with Gasteiger partial charge in [0.15, 0.2) is 0 Å². The molecular formula is C13H19N3O4. The van der Waals surface area contributed by atoms with Gasteiger partial charge in [-0.05, 0) is 19.1 Å². The second-order valence-electron chi connectivity index (χ2n) is 4.48. The van der Waals surface area contributed by atoms with Gasteiger partial charge in [0.2, 0.25) is 0 Å². The Kier molecular flexibility index (Phi) is 5.92. The standard InChI is InChI=1S/C13H19N3O4/c1-9-4-3-5-10(14-9)8-16(2)13(20)15-11(6-7-17)12(18)19/h3-5,11,17H,6-8H2,1-2H3,(H,15,20)(H,18,19)/t11-/m0/s1. The normalized spacial score (nSPS) is 11.8. The molecule has 1 aromatic rings. The van der Waals surface area contributed by atoms with E-state index in [0.717, 1.165) is 11.4 Å². The van der Waals surface area contributed by atoms with E-state index in [0.29, 0.717) is 0 Å². The molecule has 0 aliphatic carbocycles. The zero-order chi connectivity index (χ0) is 15.1. The van der Waals surface area contributed by atoms with Gasteiger partial charge in [0.05, 0.1) is 12.2 Å². The lowest BCUT2D eigenvalue weighted by atomic mass is 10.2. The fraction of sp³-hybridized carbons (Fsp3) is 0.462. The number of nitrogens with one attached hydrogen (secondary N) is 1. The van der Waals surface area contributed by atoms with Gasteiger partial charge in [0.1, 0.15) is 6.04 Å². The van der Waals surface area contributed by atoms with Crippen LogP contribution in [0.25, 0.3) is 0 Å². The van der Waals surface area contributed by atoms with E-state index in [1.54, 1.807) is 13.1 Å². The van der Waals surface area contributed by atoms with Gasteiger partial charge in [0, 0.05) is 25.8 Å². The molecule has 1 rings (SSSR count). The third-order valence-electron chi connectivity index (χ3n) is 2.71. The fourth-order valence-corrected chi connectivity index (χ4v) is 1.65. The Hall–Kier alpha value is -2.15. The average molecular weight is 281 g/mol. The number of nitrogens with zero attached hydrogens (tertiary/aromatic N) is 2. The van der Waals surface area contributed by atoms with Gasteiger partial charge in [-0.3, -0.25) is 4.98 Å². The van der Waals surface area contributed by atoms with Crippen LogP contribution in [0.3, 0.4) is 0 Å². The number of carbonyl (C=O) groups is 2. The molecule has 3 N–H and O–H groups in total. The molecule has 1 aromatic heterocycles. The van der Waals surface area contributed by atoms with Gasteiger partial charge in [-0.15, -0.1) is 0 Å². The monoisotopic (exact) mass is 281 g/mol. The number of hydrogen-bond donors (Lipinski definition) is 3. The van der Waals surface area contributed by atoms with Gasteiger partial charge < -0.3 is 20.4 Å². The summed E-state index contributed by atoms with van der Waals surface area (Å²) in [4.78, 5) is 28.4. The Morgan fingerprint density at radius 3 is 2.70 bits per heavy atom. The molecule has 0 unspecified atom stereocenters. The van der Waals surface area contributed by atoms with Crippen LogP contribution < -0.4 is 5.32 Å². The second-order valence-corrected chi connectivity index (χ2v) is 4.48. The molecule has 0 fully saturated rings. The largest absolute Gasteiger partial charge is 0.480 e. The molecule has 2 amide bonds. The molecule has 1 heterocycles. The number of pyridine rings is 1. The molecule has 0 radical (unpaired) electrons. The number of aliphatic carboxylic acids is 1. The summed E-state index contributed by atoms with van der Waals surface area (Å²) in [5.74, 6) is -1.17. The number of carbonyl (C=O) groups excluding carboxylic acids is 1. The SMILES string of the molecule is Cc1cccc(CN(C)C(=O)N[C@@H](CCO)C(=O)O)n1. The minimum Gasteiger partial charge on any atom is -0.480 e. The number of hydrogen-bond acceptors (Lipinski definition) is 4.